The zero-order valence-corrected chi connectivity index (χ0v) is 23.2. The molecule has 8 rings (SSSR count). The molecule has 3 aromatic carbocycles. The van der Waals surface area contributed by atoms with Crippen molar-refractivity contribution < 1.29 is 19.1 Å². The maximum atomic E-state index is 14.1. The molecule has 0 spiro atoms. The van der Waals surface area contributed by atoms with Gasteiger partial charge in [-0.25, -0.2) is 9.69 Å². The third kappa shape index (κ3) is 3.70. The minimum Gasteiger partial charge on any atom is -0.458 e. The number of rotatable bonds is 4. The highest BCUT2D eigenvalue weighted by Crippen LogP contribution is 2.61. The Hall–Kier alpha value is -3.73. The molecule has 4 aliphatic carbocycles. The maximum absolute atomic E-state index is 14.1. The lowest BCUT2D eigenvalue weighted by Crippen LogP contribution is -2.41. The van der Waals surface area contributed by atoms with Gasteiger partial charge in [-0.3, -0.25) is 9.59 Å². The van der Waals surface area contributed by atoms with E-state index in [1.54, 1.807) is 24.3 Å². The first-order chi connectivity index (χ1) is 19.3. The van der Waals surface area contributed by atoms with Gasteiger partial charge in [0.1, 0.15) is 6.10 Å². The molecule has 0 N–H and O–H groups in total. The van der Waals surface area contributed by atoms with Crippen molar-refractivity contribution in [2.75, 3.05) is 4.90 Å². The van der Waals surface area contributed by atoms with E-state index in [2.05, 4.69) is 45.0 Å². The van der Waals surface area contributed by atoms with Gasteiger partial charge in [-0.1, -0.05) is 81.8 Å². The summed E-state index contributed by atoms with van der Waals surface area (Å²) in [6.45, 7) is 6.59. The summed E-state index contributed by atoms with van der Waals surface area (Å²) in [4.78, 5) is 42.9. The van der Waals surface area contributed by atoms with Gasteiger partial charge in [0.15, 0.2) is 0 Å². The number of carbonyl (C=O) groups is 3. The van der Waals surface area contributed by atoms with Crippen LogP contribution in [-0.4, -0.2) is 23.9 Å². The van der Waals surface area contributed by atoms with Crippen molar-refractivity contribution in [2.45, 2.75) is 58.0 Å². The zero-order valence-electron chi connectivity index (χ0n) is 23.2. The van der Waals surface area contributed by atoms with Gasteiger partial charge in [0.2, 0.25) is 11.8 Å². The van der Waals surface area contributed by atoms with Crippen LogP contribution in [0.2, 0.25) is 0 Å². The van der Waals surface area contributed by atoms with Gasteiger partial charge in [-0.2, -0.15) is 0 Å². The molecule has 2 fully saturated rings. The van der Waals surface area contributed by atoms with Gasteiger partial charge < -0.3 is 4.74 Å². The Morgan fingerprint density at radius 2 is 1.35 bits per heavy atom. The smallest absolute Gasteiger partial charge is 0.338 e. The molecule has 1 saturated heterocycles. The average molecular weight is 534 g/mol. The van der Waals surface area contributed by atoms with Crippen LogP contribution >= 0.6 is 0 Å². The largest absolute Gasteiger partial charge is 0.458 e. The lowest BCUT2D eigenvalue weighted by atomic mass is 9.55. The van der Waals surface area contributed by atoms with E-state index in [9.17, 15) is 14.4 Å². The number of benzene rings is 3. The van der Waals surface area contributed by atoms with E-state index >= 15 is 0 Å². The summed E-state index contributed by atoms with van der Waals surface area (Å²) in [6.07, 6.45) is 2.96. The average Bonchev–Trinajstić information content (AvgIpc) is 3.23. The molecular weight excluding hydrogens is 498 g/mol. The molecule has 2 amide bonds. The second kappa shape index (κ2) is 9.43. The van der Waals surface area contributed by atoms with Crippen LogP contribution in [0.3, 0.4) is 0 Å². The number of carbonyl (C=O) groups excluding carboxylic acids is 3. The lowest BCUT2D eigenvalue weighted by Gasteiger charge is -2.45. The lowest BCUT2D eigenvalue weighted by molar-refractivity contribution is -0.122. The molecule has 3 aromatic rings. The highest BCUT2D eigenvalue weighted by atomic mass is 16.5. The first-order valence-corrected chi connectivity index (χ1v) is 14.7. The van der Waals surface area contributed by atoms with E-state index in [0.717, 1.165) is 41.5 Å². The van der Waals surface area contributed by atoms with Crippen LogP contribution in [0, 0.1) is 29.6 Å². The molecule has 5 heteroatoms. The van der Waals surface area contributed by atoms with Gasteiger partial charge in [0.05, 0.1) is 23.1 Å². The molecule has 5 unspecified atom stereocenters. The Kier molecular flexibility index (Phi) is 5.95. The molecule has 0 radical (unpaired) electrons. The number of imide groups is 1. The monoisotopic (exact) mass is 533 g/mol. The Bertz CT molecular complexity index is 1410. The Labute approximate surface area is 235 Å². The molecule has 2 bridgehead atoms. The molecule has 204 valence electrons. The fourth-order valence-electron chi connectivity index (χ4n) is 8.16. The van der Waals surface area contributed by atoms with Crippen LogP contribution < -0.4 is 4.90 Å². The summed E-state index contributed by atoms with van der Waals surface area (Å²) in [7, 11) is 0. The third-order valence-corrected chi connectivity index (χ3v) is 10.0. The number of hydrogen-bond donors (Lipinski definition) is 0. The van der Waals surface area contributed by atoms with Gasteiger partial charge in [-0.05, 0) is 71.0 Å². The molecule has 40 heavy (non-hydrogen) atoms. The number of hydrogen-bond acceptors (Lipinski definition) is 4. The number of amides is 2. The van der Waals surface area contributed by atoms with Crippen molar-refractivity contribution in [2.24, 2.45) is 29.6 Å². The first kappa shape index (κ1) is 25.3. The van der Waals surface area contributed by atoms with Crippen LogP contribution in [0.1, 0.15) is 84.5 Å². The number of anilines is 1. The third-order valence-electron chi connectivity index (χ3n) is 10.0. The number of ether oxygens (including phenoxy) is 1. The van der Waals surface area contributed by atoms with Crippen LogP contribution in [-0.2, 0) is 14.3 Å². The summed E-state index contributed by atoms with van der Waals surface area (Å²) >= 11 is 0. The Morgan fingerprint density at radius 1 is 0.800 bits per heavy atom. The maximum Gasteiger partial charge on any atom is 0.338 e. The molecule has 1 heterocycles. The highest BCUT2D eigenvalue weighted by Gasteiger charge is 2.61. The molecule has 5 atom stereocenters. The summed E-state index contributed by atoms with van der Waals surface area (Å²) < 4.78 is 6.09. The predicted molar refractivity (Wildman–Crippen MR) is 153 cm³/mol. The molecule has 1 aliphatic heterocycles. The minimum atomic E-state index is -0.451. The highest BCUT2D eigenvalue weighted by molar-refractivity contribution is 6.23. The van der Waals surface area contributed by atoms with Crippen molar-refractivity contribution in [1.29, 1.82) is 0 Å². The normalized spacial score (nSPS) is 30.2. The van der Waals surface area contributed by atoms with Crippen LogP contribution in [0.15, 0.2) is 72.8 Å². The molecule has 1 saturated carbocycles. The van der Waals surface area contributed by atoms with E-state index in [1.165, 1.54) is 4.90 Å². The Morgan fingerprint density at radius 3 is 1.88 bits per heavy atom. The second-order valence-electron chi connectivity index (χ2n) is 12.6. The standard InChI is InChI=1S/C35H35NO4/c1-19(2)23-16-15-20(3)17-28(23)40-35(39)21-9-8-10-22(18-21)36-33(37)31-29-24-11-4-5-12-25(24)30(32(31)34(36)38)27-14-7-6-13-26(27)29/h4-14,18-20,23,28-32H,15-17H2,1-3H3. The van der Waals surface area contributed by atoms with Crippen molar-refractivity contribution in [3.05, 3.63) is 101 Å². The fourth-order valence-corrected chi connectivity index (χ4v) is 8.16. The summed E-state index contributed by atoms with van der Waals surface area (Å²) in [6, 6.07) is 23.4. The van der Waals surface area contributed by atoms with Gasteiger partial charge in [0.25, 0.3) is 0 Å². The predicted octanol–water partition coefficient (Wildman–Crippen LogP) is 6.70. The first-order valence-electron chi connectivity index (χ1n) is 14.7. The van der Waals surface area contributed by atoms with Crippen LogP contribution in [0.25, 0.3) is 0 Å². The van der Waals surface area contributed by atoms with E-state index in [1.807, 2.05) is 24.3 Å². The summed E-state index contributed by atoms with van der Waals surface area (Å²) in [5, 5.41) is 0. The van der Waals surface area contributed by atoms with Crippen molar-refractivity contribution in [3.63, 3.8) is 0 Å². The SMILES string of the molecule is CC1CCC(C(C)C)C(OC(=O)c2cccc(N3C(=O)C4C5c6ccccc6C(c6ccccc65)C4C3=O)c2)C1. The topological polar surface area (TPSA) is 63.7 Å². The van der Waals surface area contributed by atoms with E-state index in [0.29, 0.717) is 29.0 Å². The summed E-state index contributed by atoms with van der Waals surface area (Å²) in [5.41, 5.74) is 5.42. The minimum absolute atomic E-state index is 0.120. The van der Waals surface area contributed by atoms with Gasteiger partial charge in [-0.15, -0.1) is 0 Å². The zero-order chi connectivity index (χ0) is 27.7. The van der Waals surface area contributed by atoms with Crippen LogP contribution in [0.4, 0.5) is 5.69 Å². The number of nitrogens with zero attached hydrogens (tertiary/aromatic N) is 1. The Balaban J connectivity index is 1.21. The number of esters is 1. The van der Waals surface area contributed by atoms with Crippen molar-refractivity contribution >= 4 is 23.5 Å². The van der Waals surface area contributed by atoms with E-state index in [-0.39, 0.29) is 35.7 Å². The van der Waals surface area contributed by atoms with E-state index in [4.69, 9.17) is 4.74 Å². The molecule has 5 nitrogen and oxygen atoms in total. The summed E-state index contributed by atoms with van der Waals surface area (Å²) in [5.74, 6) is -0.663. The fraction of sp³-hybridized carbons (Fsp3) is 0.400. The second-order valence-corrected chi connectivity index (χ2v) is 12.6. The molecule has 5 aliphatic rings. The van der Waals surface area contributed by atoms with Gasteiger partial charge >= 0.3 is 5.97 Å². The van der Waals surface area contributed by atoms with Crippen molar-refractivity contribution in [3.8, 4) is 0 Å². The van der Waals surface area contributed by atoms with Crippen molar-refractivity contribution in [1.82, 2.24) is 0 Å². The van der Waals surface area contributed by atoms with Gasteiger partial charge in [0, 0.05) is 11.8 Å². The quantitative estimate of drug-likeness (QED) is 0.277. The molecule has 0 aromatic heterocycles. The van der Waals surface area contributed by atoms with Crippen LogP contribution in [0.5, 0.6) is 0 Å². The molecular formula is C35H35NO4. The van der Waals surface area contributed by atoms with E-state index < -0.39 is 11.8 Å².